The first-order valence-corrected chi connectivity index (χ1v) is 9.07. The van der Waals surface area contributed by atoms with Crippen molar-refractivity contribution < 1.29 is 0 Å². The molecular formula is C24H21N3. The van der Waals surface area contributed by atoms with E-state index in [9.17, 15) is 0 Å². The standard InChI is InChI=1S/C24H21N3/c1-3-7-19-12-16-21(17-13-19)24-26-25-23(20-14-10-18(2)11-15-20)27(24)22-8-5-4-6-9-22/h3-17H,1-2H3/b7-3+. The van der Waals surface area contributed by atoms with Crippen LogP contribution < -0.4 is 0 Å². The normalized spacial score (nSPS) is 11.2. The lowest BCUT2D eigenvalue weighted by atomic mass is 10.1. The summed E-state index contributed by atoms with van der Waals surface area (Å²) in [6.45, 7) is 4.11. The third-order valence-electron chi connectivity index (χ3n) is 4.52. The average molecular weight is 351 g/mol. The summed E-state index contributed by atoms with van der Waals surface area (Å²) in [5.41, 5.74) is 5.53. The van der Waals surface area contributed by atoms with Crippen LogP contribution in [0.25, 0.3) is 34.5 Å². The molecule has 0 bridgehead atoms. The highest BCUT2D eigenvalue weighted by Gasteiger charge is 2.16. The van der Waals surface area contributed by atoms with Crippen LogP contribution in [0.5, 0.6) is 0 Å². The van der Waals surface area contributed by atoms with Gasteiger partial charge in [-0.05, 0) is 31.5 Å². The Labute approximate surface area is 159 Å². The lowest BCUT2D eigenvalue weighted by molar-refractivity contribution is 1.07. The SMILES string of the molecule is C/C=C/c1ccc(-c2nnc(-c3ccc(C)cc3)n2-c2ccccc2)cc1. The number of hydrogen-bond acceptors (Lipinski definition) is 2. The lowest BCUT2D eigenvalue weighted by Gasteiger charge is -2.11. The molecule has 0 atom stereocenters. The second-order valence-electron chi connectivity index (χ2n) is 6.51. The van der Waals surface area contributed by atoms with Crippen molar-refractivity contribution in [2.45, 2.75) is 13.8 Å². The molecule has 1 aromatic heterocycles. The number of aromatic nitrogens is 3. The topological polar surface area (TPSA) is 30.7 Å². The van der Waals surface area contributed by atoms with E-state index < -0.39 is 0 Å². The molecule has 4 rings (SSSR count). The number of allylic oxidation sites excluding steroid dienone is 1. The van der Waals surface area contributed by atoms with Gasteiger partial charge in [-0.25, -0.2) is 0 Å². The van der Waals surface area contributed by atoms with Crippen molar-refractivity contribution in [3.63, 3.8) is 0 Å². The molecule has 0 aliphatic heterocycles. The highest BCUT2D eigenvalue weighted by Crippen LogP contribution is 2.28. The van der Waals surface area contributed by atoms with E-state index in [1.807, 2.05) is 31.2 Å². The largest absolute Gasteiger partial charge is 0.275 e. The quantitative estimate of drug-likeness (QED) is 0.455. The summed E-state index contributed by atoms with van der Waals surface area (Å²) in [5.74, 6) is 1.68. The van der Waals surface area contributed by atoms with Gasteiger partial charge < -0.3 is 0 Å². The number of benzene rings is 3. The summed E-state index contributed by atoms with van der Waals surface area (Å²) in [6.07, 6.45) is 4.13. The number of para-hydroxylation sites is 1. The van der Waals surface area contributed by atoms with Crippen molar-refractivity contribution in [2.75, 3.05) is 0 Å². The molecule has 27 heavy (non-hydrogen) atoms. The van der Waals surface area contributed by atoms with Gasteiger partial charge >= 0.3 is 0 Å². The monoisotopic (exact) mass is 351 g/mol. The summed E-state index contributed by atoms with van der Waals surface area (Å²) in [7, 11) is 0. The molecule has 0 spiro atoms. The van der Waals surface area contributed by atoms with Crippen LogP contribution in [0.3, 0.4) is 0 Å². The second-order valence-corrected chi connectivity index (χ2v) is 6.51. The molecular weight excluding hydrogens is 330 g/mol. The fourth-order valence-electron chi connectivity index (χ4n) is 3.12. The molecule has 0 aliphatic rings. The van der Waals surface area contributed by atoms with E-state index in [4.69, 9.17) is 0 Å². The van der Waals surface area contributed by atoms with Gasteiger partial charge in [0.25, 0.3) is 0 Å². The molecule has 0 fully saturated rings. The maximum Gasteiger partial charge on any atom is 0.168 e. The summed E-state index contributed by atoms with van der Waals surface area (Å²) < 4.78 is 2.12. The molecule has 0 N–H and O–H groups in total. The van der Waals surface area contributed by atoms with Gasteiger partial charge in [0.1, 0.15) is 0 Å². The van der Waals surface area contributed by atoms with Crippen LogP contribution in [0.1, 0.15) is 18.1 Å². The van der Waals surface area contributed by atoms with Gasteiger partial charge in [0.15, 0.2) is 11.6 Å². The molecule has 3 aromatic carbocycles. The van der Waals surface area contributed by atoms with Crippen molar-refractivity contribution in [3.8, 4) is 28.5 Å². The minimum absolute atomic E-state index is 0.837. The molecule has 3 nitrogen and oxygen atoms in total. The minimum Gasteiger partial charge on any atom is -0.275 e. The van der Waals surface area contributed by atoms with Crippen molar-refractivity contribution >= 4 is 6.08 Å². The van der Waals surface area contributed by atoms with Crippen molar-refractivity contribution in [3.05, 3.63) is 96.1 Å². The van der Waals surface area contributed by atoms with Crippen LogP contribution >= 0.6 is 0 Å². The first kappa shape index (κ1) is 17.0. The van der Waals surface area contributed by atoms with Gasteiger partial charge in [0.05, 0.1) is 0 Å². The number of rotatable bonds is 4. The Morgan fingerprint density at radius 1 is 0.704 bits per heavy atom. The van der Waals surface area contributed by atoms with Gasteiger partial charge in [-0.1, -0.05) is 84.4 Å². The summed E-state index contributed by atoms with van der Waals surface area (Å²) in [6, 6.07) is 27.0. The second kappa shape index (κ2) is 7.42. The van der Waals surface area contributed by atoms with E-state index >= 15 is 0 Å². The Balaban J connectivity index is 1.88. The molecule has 3 heteroatoms. The Hall–Kier alpha value is -3.46. The first-order valence-electron chi connectivity index (χ1n) is 9.07. The van der Waals surface area contributed by atoms with Crippen LogP contribution in [-0.4, -0.2) is 14.8 Å². The van der Waals surface area contributed by atoms with E-state index in [1.165, 1.54) is 11.1 Å². The Morgan fingerprint density at radius 2 is 1.26 bits per heavy atom. The fourth-order valence-corrected chi connectivity index (χ4v) is 3.12. The van der Waals surface area contributed by atoms with Crippen molar-refractivity contribution in [2.24, 2.45) is 0 Å². The van der Waals surface area contributed by atoms with E-state index in [1.54, 1.807) is 0 Å². The summed E-state index contributed by atoms with van der Waals surface area (Å²) in [4.78, 5) is 0. The zero-order valence-electron chi connectivity index (χ0n) is 15.5. The van der Waals surface area contributed by atoms with E-state index in [0.717, 1.165) is 28.5 Å². The minimum atomic E-state index is 0.837. The van der Waals surface area contributed by atoms with Crippen LogP contribution in [0.2, 0.25) is 0 Å². The zero-order chi connectivity index (χ0) is 18.6. The Kier molecular flexibility index (Phi) is 4.67. The molecule has 0 unspecified atom stereocenters. The molecule has 132 valence electrons. The third-order valence-corrected chi connectivity index (χ3v) is 4.52. The smallest absolute Gasteiger partial charge is 0.168 e. The van der Waals surface area contributed by atoms with Crippen LogP contribution in [0.15, 0.2) is 84.9 Å². The molecule has 0 amide bonds. The molecule has 0 saturated carbocycles. The third kappa shape index (κ3) is 3.44. The highest BCUT2D eigenvalue weighted by atomic mass is 15.3. The van der Waals surface area contributed by atoms with Gasteiger partial charge in [0, 0.05) is 16.8 Å². The molecule has 0 aliphatic carbocycles. The van der Waals surface area contributed by atoms with Gasteiger partial charge in [0.2, 0.25) is 0 Å². The number of hydrogen-bond donors (Lipinski definition) is 0. The zero-order valence-corrected chi connectivity index (χ0v) is 15.5. The fraction of sp³-hybridized carbons (Fsp3) is 0.0833. The van der Waals surface area contributed by atoms with Gasteiger partial charge in [-0.2, -0.15) is 0 Å². The first-order chi connectivity index (χ1) is 13.3. The van der Waals surface area contributed by atoms with Gasteiger partial charge in [-0.3, -0.25) is 4.57 Å². The molecule has 1 heterocycles. The van der Waals surface area contributed by atoms with Gasteiger partial charge in [-0.15, -0.1) is 10.2 Å². The lowest BCUT2D eigenvalue weighted by Crippen LogP contribution is -2.00. The van der Waals surface area contributed by atoms with E-state index in [-0.39, 0.29) is 0 Å². The summed E-state index contributed by atoms with van der Waals surface area (Å²) >= 11 is 0. The predicted octanol–water partition coefficient (Wildman–Crippen LogP) is 5.94. The summed E-state index contributed by atoms with van der Waals surface area (Å²) in [5, 5.41) is 9.06. The maximum atomic E-state index is 4.53. The average Bonchev–Trinajstić information content (AvgIpc) is 3.15. The van der Waals surface area contributed by atoms with Crippen LogP contribution in [0.4, 0.5) is 0 Å². The molecule has 0 radical (unpaired) electrons. The highest BCUT2D eigenvalue weighted by molar-refractivity contribution is 5.68. The predicted molar refractivity (Wildman–Crippen MR) is 112 cm³/mol. The maximum absolute atomic E-state index is 4.53. The number of aryl methyl sites for hydroxylation is 1. The van der Waals surface area contributed by atoms with Crippen LogP contribution in [-0.2, 0) is 0 Å². The molecule has 4 aromatic rings. The van der Waals surface area contributed by atoms with Crippen LogP contribution in [0, 0.1) is 6.92 Å². The molecule has 0 saturated heterocycles. The Bertz CT molecular complexity index is 1060. The van der Waals surface area contributed by atoms with Crippen molar-refractivity contribution in [1.29, 1.82) is 0 Å². The Morgan fingerprint density at radius 3 is 1.81 bits per heavy atom. The number of nitrogens with zero attached hydrogens (tertiary/aromatic N) is 3. The van der Waals surface area contributed by atoms with E-state index in [0.29, 0.717) is 0 Å². The van der Waals surface area contributed by atoms with E-state index in [2.05, 4.69) is 88.4 Å². The van der Waals surface area contributed by atoms with Crippen molar-refractivity contribution in [1.82, 2.24) is 14.8 Å².